The molecule has 0 bridgehead atoms. The lowest BCUT2D eigenvalue weighted by molar-refractivity contribution is 0.578. The summed E-state index contributed by atoms with van der Waals surface area (Å²) in [5.74, 6) is 0.679. The highest BCUT2D eigenvalue weighted by atomic mass is 32.2. The summed E-state index contributed by atoms with van der Waals surface area (Å²) in [6.07, 6.45) is 1.86. The van der Waals surface area contributed by atoms with Gasteiger partial charge < -0.3 is 5.32 Å². The Morgan fingerprint density at radius 2 is 2.20 bits per heavy atom. The van der Waals surface area contributed by atoms with Crippen molar-refractivity contribution in [3.05, 3.63) is 35.4 Å². The molecule has 2 rings (SSSR count). The highest BCUT2D eigenvalue weighted by molar-refractivity contribution is 8.01. The van der Waals surface area contributed by atoms with Gasteiger partial charge in [-0.2, -0.15) is 4.37 Å². The maximum Gasteiger partial charge on any atom is 0.174 e. The minimum Gasteiger partial charge on any atom is -0.313 e. The second-order valence-corrected chi connectivity index (χ2v) is 6.37. The molecule has 20 heavy (non-hydrogen) atoms. The minimum absolute atomic E-state index is 0.168. The van der Waals surface area contributed by atoms with Crippen LogP contribution in [0.1, 0.15) is 31.7 Å². The summed E-state index contributed by atoms with van der Waals surface area (Å²) in [6, 6.07) is 5.18. The maximum atomic E-state index is 14.0. The Labute approximate surface area is 127 Å². The van der Waals surface area contributed by atoms with Gasteiger partial charge in [0, 0.05) is 23.4 Å². The lowest BCUT2D eigenvalue weighted by atomic mass is 10.2. The van der Waals surface area contributed by atoms with Crippen molar-refractivity contribution >= 4 is 23.3 Å². The molecule has 0 amide bonds. The average molecular weight is 311 g/mol. The number of benzene rings is 1. The molecule has 0 aliphatic rings. The SMILES string of the molecule is CCCNCc1c(F)cccc1Sc1nc(CC)ns1. The van der Waals surface area contributed by atoms with Gasteiger partial charge in [-0.25, -0.2) is 9.37 Å². The standard InChI is InChI=1S/C14H18FN3S2/c1-3-8-16-9-10-11(15)6-5-7-12(10)19-14-17-13(4-2)18-20-14/h5-7,16H,3-4,8-9H2,1-2H3. The van der Waals surface area contributed by atoms with Gasteiger partial charge in [-0.05, 0) is 36.6 Å². The molecule has 0 saturated carbocycles. The zero-order valence-electron chi connectivity index (χ0n) is 11.6. The largest absolute Gasteiger partial charge is 0.313 e. The fourth-order valence-electron chi connectivity index (χ4n) is 1.71. The van der Waals surface area contributed by atoms with Crippen LogP contribution in [-0.2, 0) is 13.0 Å². The molecule has 0 fully saturated rings. The number of halogens is 1. The summed E-state index contributed by atoms with van der Waals surface area (Å²) in [5.41, 5.74) is 0.708. The van der Waals surface area contributed by atoms with Crippen LogP contribution < -0.4 is 5.32 Å². The molecule has 1 aromatic carbocycles. The third-order valence-corrected chi connectivity index (χ3v) is 4.66. The van der Waals surface area contributed by atoms with Gasteiger partial charge in [-0.3, -0.25) is 0 Å². The van der Waals surface area contributed by atoms with E-state index in [0.717, 1.165) is 34.4 Å². The van der Waals surface area contributed by atoms with Crippen LogP contribution in [-0.4, -0.2) is 15.9 Å². The maximum absolute atomic E-state index is 14.0. The van der Waals surface area contributed by atoms with Crippen LogP contribution in [0.5, 0.6) is 0 Å². The van der Waals surface area contributed by atoms with E-state index in [1.165, 1.54) is 29.4 Å². The minimum atomic E-state index is -0.168. The zero-order valence-corrected chi connectivity index (χ0v) is 13.3. The molecule has 0 unspecified atom stereocenters. The Morgan fingerprint density at radius 3 is 2.90 bits per heavy atom. The fraction of sp³-hybridized carbons (Fsp3) is 0.429. The monoisotopic (exact) mass is 311 g/mol. The normalized spacial score (nSPS) is 10.9. The smallest absolute Gasteiger partial charge is 0.174 e. The molecule has 1 N–H and O–H groups in total. The van der Waals surface area contributed by atoms with Gasteiger partial charge >= 0.3 is 0 Å². The first kappa shape index (κ1) is 15.4. The summed E-state index contributed by atoms with van der Waals surface area (Å²) in [6.45, 7) is 5.55. The number of aromatic nitrogens is 2. The van der Waals surface area contributed by atoms with E-state index in [4.69, 9.17) is 0 Å². The highest BCUT2D eigenvalue weighted by Gasteiger charge is 2.12. The van der Waals surface area contributed by atoms with Crippen molar-refractivity contribution in [1.29, 1.82) is 0 Å². The van der Waals surface area contributed by atoms with E-state index in [1.807, 2.05) is 13.0 Å². The number of nitrogens with one attached hydrogen (secondary N) is 1. The van der Waals surface area contributed by atoms with E-state index in [-0.39, 0.29) is 5.82 Å². The van der Waals surface area contributed by atoms with Gasteiger partial charge in [0.25, 0.3) is 0 Å². The van der Waals surface area contributed by atoms with E-state index in [9.17, 15) is 4.39 Å². The molecule has 1 aromatic heterocycles. The Morgan fingerprint density at radius 1 is 1.35 bits per heavy atom. The number of aryl methyl sites for hydroxylation is 1. The fourth-order valence-corrected chi connectivity index (χ4v) is 3.52. The Bertz CT molecular complexity index is 557. The third kappa shape index (κ3) is 4.01. The molecular formula is C14H18FN3S2. The van der Waals surface area contributed by atoms with Crippen molar-refractivity contribution in [1.82, 2.24) is 14.7 Å². The van der Waals surface area contributed by atoms with Crippen LogP contribution in [0.3, 0.4) is 0 Å². The van der Waals surface area contributed by atoms with E-state index >= 15 is 0 Å². The Hall–Kier alpha value is -0.980. The molecule has 0 atom stereocenters. The summed E-state index contributed by atoms with van der Waals surface area (Å²) in [7, 11) is 0. The van der Waals surface area contributed by atoms with Gasteiger partial charge in [0.05, 0.1) is 0 Å². The predicted molar refractivity (Wildman–Crippen MR) is 81.8 cm³/mol. The van der Waals surface area contributed by atoms with E-state index in [2.05, 4.69) is 21.6 Å². The van der Waals surface area contributed by atoms with Crippen LogP contribution in [0.4, 0.5) is 4.39 Å². The van der Waals surface area contributed by atoms with E-state index < -0.39 is 0 Å². The predicted octanol–water partition coefficient (Wildman–Crippen LogP) is 3.89. The Kier molecular flexibility index (Phi) is 5.94. The summed E-state index contributed by atoms with van der Waals surface area (Å²) < 4.78 is 19.1. The van der Waals surface area contributed by atoms with Crippen LogP contribution in [0.15, 0.2) is 27.4 Å². The first-order valence-corrected chi connectivity index (χ1v) is 8.32. The second kappa shape index (κ2) is 7.71. The molecule has 108 valence electrons. The quantitative estimate of drug-likeness (QED) is 0.787. The molecule has 0 aliphatic carbocycles. The van der Waals surface area contributed by atoms with Crippen molar-refractivity contribution in [2.75, 3.05) is 6.54 Å². The molecule has 1 heterocycles. The lowest BCUT2D eigenvalue weighted by Gasteiger charge is -2.09. The summed E-state index contributed by atoms with van der Waals surface area (Å²) in [4.78, 5) is 5.33. The lowest BCUT2D eigenvalue weighted by Crippen LogP contribution is -2.15. The average Bonchev–Trinajstić information content (AvgIpc) is 2.90. The molecule has 0 radical (unpaired) electrons. The molecule has 6 heteroatoms. The van der Waals surface area contributed by atoms with Gasteiger partial charge in [0.1, 0.15) is 11.6 Å². The van der Waals surface area contributed by atoms with Gasteiger partial charge in [-0.15, -0.1) is 0 Å². The summed E-state index contributed by atoms with van der Waals surface area (Å²) in [5, 5.41) is 3.25. The van der Waals surface area contributed by atoms with Crippen molar-refractivity contribution in [3.63, 3.8) is 0 Å². The van der Waals surface area contributed by atoms with Crippen molar-refractivity contribution in [3.8, 4) is 0 Å². The molecule has 0 aliphatic heterocycles. The highest BCUT2D eigenvalue weighted by Crippen LogP contribution is 2.32. The van der Waals surface area contributed by atoms with Crippen LogP contribution >= 0.6 is 23.3 Å². The van der Waals surface area contributed by atoms with Crippen molar-refractivity contribution < 1.29 is 4.39 Å². The van der Waals surface area contributed by atoms with Gasteiger partial charge in [-0.1, -0.05) is 31.7 Å². The second-order valence-electron chi connectivity index (χ2n) is 4.33. The molecular weight excluding hydrogens is 293 g/mol. The topological polar surface area (TPSA) is 37.8 Å². The number of rotatable bonds is 7. The number of nitrogens with zero attached hydrogens (tertiary/aromatic N) is 2. The van der Waals surface area contributed by atoms with E-state index in [1.54, 1.807) is 6.07 Å². The zero-order chi connectivity index (χ0) is 14.4. The number of hydrogen-bond donors (Lipinski definition) is 1. The summed E-state index contributed by atoms with van der Waals surface area (Å²) >= 11 is 2.86. The molecule has 3 nitrogen and oxygen atoms in total. The van der Waals surface area contributed by atoms with Gasteiger partial charge in [0.15, 0.2) is 4.34 Å². The number of hydrogen-bond acceptors (Lipinski definition) is 5. The third-order valence-electron chi connectivity index (χ3n) is 2.77. The van der Waals surface area contributed by atoms with E-state index in [0.29, 0.717) is 12.1 Å². The van der Waals surface area contributed by atoms with Crippen molar-refractivity contribution in [2.24, 2.45) is 0 Å². The molecule has 0 saturated heterocycles. The molecule has 0 spiro atoms. The van der Waals surface area contributed by atoms with Crippen molar-refractivity contribution in [2.45, 2.75) is 42.5 Å². The first-order chi connectivity index (χ1) is 9.74. The molecule has 2 aromatic rings. The van der Waals surface area contributed by atoms with Crippen LogP contribution in [0.2, 0.25) is 0 Å². The van der Waals surface area contributed by atoms with Gasteiger partial charge in [0.2, 0.25) is 0 Å². The van der Waals surface area contributed by atoms with Crippen LogP contribution in [0, 0.1) is 5.82 Å². The first-order valence-electron chi connectivity index (χ1n) is 6.73. The Balaban J connectivity index is 2.15. The van der Waals surface area contributed by atoms with Crippen LogP contribution in [0.25, 0.3) is 0 Å².